The lowest BCUT2D eigenvalue weighted by molar-refractivity contribution is -0.183. The molecule has 0 bridgehead atoms. The third kappa shape index (κ3) is 5.83. The smallest absolute Gasteiger partial charge is 0.388 e. The van der Waals surface area contributed by atoms with Gasteiger partial charge in [-0.15, -0.1) is 0 Å². The number of guanidine groups is 1. The number of hydrogen-bond donors (Lipinski definition) is 3. The van der Waals surface area contributed by atoms with E-state index in [0.29, 0.717) is 31.9 Å². The van der Waals surface area contributed by atoms with Gasteiger partial charge in [0.2, 0.25) is 0 Å². The summed E-state index contributed by atoms with van der Waals surface area (Å²) >= 11 is 0. The normalized spacial score (nSPS) is 28.5. The molecular formula is C17H30F3N3O. The molecule has 4 nitrogen and oxygen atoms in total. The van der Waals surface area contributed by atoms with Crippen LogP contribution in [0.2, 0.25) is 0 Å². The van der Waals surface area contributed by atoms with Gasteiger partial charge in [0.25, 0.3) is 0 Å². The van der Waals surface area contributed by atoms with Crippen molar-refractivity contribution in [2.24, 2.45) is 16.8 Å². The fraction of sp³-hybridized carbons (Fsp3) is 0.941. The minimum atomic E-state index is -4.05. The van der Waals surface area contributed by atoms with E-state index in [1.807, 2.05) is 0 Å². The number of hydrogen-bond acceptors (Lipinski definition) is 2. The van der Waals surface area contributed by atoms with Gasteiger partial charge in [0.1, 0.15) is 0 Å². The zero-order valence-corrected chi connectivity index (χ0v) is 14.5. The first kappa shape index (κ1) is 19.3. The molecule has 140 valence electrons. The molecule has 2 aliphatic carbocycles. The number of aliphatic imine (C=N–C) groups is 1. The van der Waals surface area contributed by atoms with E-state index in [0.717, 1.165) is 25.7 Å². The number of nitrogens with zero attached hydrogens (tertiary/aromatic N) is 1. The van der Waals surface area contributed by atoms with Crippen molar-refractivity contribution in [2.75, 3.05) is 20.1 Å². The van der Waals surface area contributed by atoms with Gasteiger partial charge in [-0.1, -0.05) is 19.3 Å². The highest BCUT2D eigenvalue weighted by Crippen LogP contribution is 2.39. The van der Waals surface area contributed by atoms with E-state index >= 15 is 0 Å². The average Bonchev–Trinajstić information content (AvgIpc) is 2.55. The van der Waals surface area contributed by atoms with E-state index in [2.05, 4.69) is 15.6 Å². The molecule has 0 atom stereocenters. The Balaban J connectivity index is 1.69. The highest BCUT2D eigenvalue weighted by Gasteiger charge is 2.41. The molecule has 0 spiro atoms. The van der Waals surface area contributed by atoms with Gasteiger partial charge >= 0.3 is 6.18 Å². The lowest BCUT2D eigenvalue weighted by atomic mass is 9.81. The standard InChI is InChI=1S/C17H30F3N3O/c1-21-15(23-12-16(24)9-3-2-4-10-16)22-11-13-5-7-14(8-6-13)17(18,19)20/h13-14,24H,2-12H2,1H3,(H2,21,22,23). The molecular weight excluding hydrogens is 319 g/mol. The number of nitrogens with one attached hydrogen (secondary N) is 2. The van der Waals surface area contributed by atoms with Crippen LogP contribution >= 0.6 is 0 Å². The molecule has 2 saturated carbocycles. The molecule has 0 saturated heterocycles. The topological polar surface area (TPSA) is 56.7 Å². The summed E-state index contributed by atoms with van der Waals surface area (Å²) in [6.45, 7) is 1.09. The van der Waals surface area contributed by atoms with Gasteiger partial charge < -0.3 is 15.7 Å². The fourth-order valence-electron chi connectivity index (χ4n) is 3.79. The van der Waals surface area contributed by atoms with Crippen LogP contribution in [0.15, 0.2) is 4.99 Å². The maximum Gasteiger partial charge on any atom is 0.391 e. The second-order valence-corrected chi connectivity index (χ2v) is 7.35. The van der Waals surface area contributed by atoms with E-state index in [4.69, 9.17) is 0 Å². The zero-order chi connectivity index (χ0) is 17.6. The molecule has 24 heavy (non-hydrogen) atoms. The molecule has 2 aliphatic rings. The summed E-state index contributed by atoms with van der Waals surface area (Å²) in [6.07, 6.45) is 2.47. The average molecular weight is 349 g/mol. The molecule has 3 N–H and O–H groups in total. The van der Waals surface area contributed by atoms with Crippen molar-refractivity contribution in [3.63, 3.8) is 0 Å². The zero-order valence-electron chi connectivity index (χ0n) is 14.5. The summed E-state index contributed by atoms with van der Waals surface area (Å²) in [7, 11) is 1.67. The predicted molar refractivity (Wildman–Crippen MR) is 88.9 cm³/mol. The molecule has 0 unspecified atom stereocenters. The van der Waals surface area contributed by atoms with Crippen LogP contribution in [-0.2, 0) is 0 Å². The molecule has 7 heteroatoms. The third-order valence-electron chi connectivity index (χ3n) is 5.46. The molecule has 0 radical (unpaired) electrons. The molecule has 0 aromatic carbocycles. The second kappa shape index (κ2) is 8.41. The third-order valence-corrected chi connectivity index (χ3v) is 5.46. The SMILES string of the molecule is CN=C(NCC1CCC(C(F)(F)F)CC1)NCC1(O)CCCCC1. The van der Waals surface area contributed by atoms with Crippen molar-refractivity contribution in [2.45, 2.75) is 69.6 Å². The Labute approximate surface area is 142 Å². The molecule has 0 aromatic heterocycles. The maximum absolute atomic E-state index is 12.7. The van der Waals surface area contributed by atoms with Gasteiger partial charge in [-0.2, -0.15) is 13.2 Å². The van der Waals surface area contributed by atoms with E-state index in [9.17, 15) is 18.3 Å². The second-order valence-electron chi connectivity index (χ2n) is 7.35. The minimum absolute atomic E-state index is 0.224. The van der Waals surface area contributed by atoms with Crippen molar-refractivity contribution >= 4 is 5.96 Å². The van der Waals surface area contributed by atoms with Crippen molar-refractivity contribution in [3.8, 4) is 0 Å². The summed E-state index contributed by atoms with van der Waals surface area (Å²) in [5, 5.41) is 16.8. The highest BCUT2D eigenvalue weighted by atomic mass is 19.4. The number of alkyl halides is 3. The number of rotatable bonds is 4. The van der Waals surface area contributed by atoms with Crippen LogP contribution in [-0.4, -0.2) is 43.0 Å². The lowest BCUT2D eigenvalue weighted by Crippen LogP contribution is -2.49. The lowest BCUT2D eigenvalue weighted by Gasteiger charge is -2.33. The quantitative estimate of drug-likeness (QED) is 0.540. The van der Waals surface area contributed by atoms with Crippen LogP contribution < -0.4 is 10.6 Å². The number of halogens is 3. The van der Waals surface area contributed by atoms with Gasteiger partial charge in [-0.3, -0.25) is 4.99 Å². The minimum Gasteiger partial charge on any atom is -0.388 e. The van der Waals surface area contributed by atoms with E-state index in [-0.39, 0.29) is 18.8 Å². The Bertz CT molecular complexity index is 412. The van der Waals surface area contributed by atoms with Crippen LogP contribution in [0.4, 0.5) is 13.2 Å². The molecule has 0 aromatic rings. The highest BCUT2D eigenvalue weighted by molar-refractivity contribution is 5.79. The Hall–Kier alpha value is -0.980. The Morgan fingerprint density at radius 1 is 1.08 bits per heavy atom. The van der Waals surface area contributed by atoms with E-state index < -0.39 is 17.7 Å². The van der Waals surface area contributed by atoms with Crippen molar-refractivity contribution < 1.29 is 18.3 Å². The van der Waals surface area contributed by atoms with Crippen molar-refractivity contribution in [1.82, 2.24) is 10.6 Å². The largest absolute Gasteiger partial charge is 0.391 e. The summed E-state index contributed by atoms with van der Waals surface area (Å²) in [5.41, 5.74) is -0.666. The van der Waals surface area contributed by atoms with Crippen LogP contribution in [0.5, 0.6) is 0 Å². The predicted octanol–water partition coefficient (Wildman–Crippen LogP) is 3.22. The summed E-state index contributed by atoms with van der Waals surface area (Å²) in [4.78, 5) is 4.15. The van der Waals surface area contributed by atoms with Crippen LogP contribution in [0.25, 0.3) is 0 Å². The first-order valence-electron chi connectivity index (χ1n) is 9.06. The van der Waals surface area contributed by atoms with Crippen molar-refractivity contribution in [3.05, 3.63) is 0 Å². The summed E-state index contributed by atoms with van der Waals surface area (Å²) in [5.74, 6) is -0.265. The first-order valence-corrected chi connectivity index (χ1v) is 9.06. The maximum atomic E-state index is 12.7. The fourth-order valence-corrected chi connectivity index (χ4v) is 3.79. The van der Waals surface area contributed by atoms with Crippen LogP contribution in [0, 0.1) is 11.8 Å². The van der Waals surface area contributed by atoms with Gasteiger partial charge in [0.15, 0.2) is 5.96 Å². The van der Waals surface area contributed by atoms with Gasteiger partial charge in [-0.25, -0.2) is 0 Å². The van der Waals surface area contributed by atoms with Crippen molar-refractivity contribution in [1.29, 1.82) is 0 Å². The molecule has 2 fully saturated rings. The van der Waals surface area contributed by atoms with Crippen LogP contribution in [0.3, 0.4) is 0 Å². The van der Waals surface area contributed by atoms with Gasteiger partial charge in [0, 0.05) is 20.1 Å². The molecule has 2 rings (SSSR count). The summed E-state index contributed by atoms with van der Waals surface area (Å²) < 4.78 is 38.0. The Morgan fingerprint density at radius 2 is 1.71 bits per heavy atom. The Kier molecular flexibility index (Phi) is 6.78. The monoisotopic (exact) mass is 349 g/mol. The van der Waals surface area contributed by atoms with Gasteiger partial charge in [-0.05, 0) is 44.4 Å². The Morgan fingerprint density at radius 3 is 2.25 bits per heavy atom. The van der Waals surface area contributed by atoms with E-state index in [1.54, 1.807) is 7.05 Å². The molecule has 0 heterocycles. The van der Waals surface area contributed by atoms with Gasteiger partial charge in [0.05, 0.1) is 11.5 Å². The molecule has 0 aliphatic heterocycles. The van der Waals surface area contributed by atoms with E-state index in [1.165, 1.54) is 6.42 Å². The van der Waals surface area contributed by atoms with Crippen LogP contribution in [0.1, 0.15) is 57.8 Å². The summed E-state index contributed by atoms with van der Waals surface area (Å²) in [6, 6.07) is 0. The molecule has 0 amide bonds. The first-order chi connectivity index (χ1) is 11.3. The number of aliphatic hydroxyl groups is 1.